The third kappa shape index (κ3) is 3.00. The quantitative estimate of drug-likeness (QED) is 0.525. The fourth-order valence-corrected chi connectivity index (χ4v) is 5.09. The van der Waals surface area contributed by atoms with Crippen LogP contribution < -0.4 is 10.5 Å². The Bertz CT molecular complexity index is 1530. The molecule has 33 heavy (non-hydrogen) atoms. The van der Waals surface area contributed by atoms with E-state index in [1.807, 2.05) is 23.6 Å². The average Bonchev–Trinajstić information content (AvgIpc) is 3.73. The number of aromatic amines is 1. The Morgan fingerprint density at radius 2 is 2.00 bits per heavy atom. The maximum atomic E-state index is 13.6. The summed E-state index contributed by atoms with van der Waals surface area (Å²) in [4.78, 5) is 35.6. The third-order valence-electron chi connectivity index (χ3n) is 7.28. The molecule has 2 saturated carbocycles. The van der Waals surface area contributed by atoms with Gasteiger partial charge < -0.3 is 4.98 Å². The highest BCUT2D eigenvalue weighted by Crippen LogP contribution is 2.41. The fraction of sp³-hybridized carbons (Fsp3) is 0.400. The predicted molar refractivity (Wildman–Crippen MR) is 124 cm³/mol. The van der Waals surface area contributed by atoms with Gasteiger partial charge in [0, 0.05) is 24.7 Å². The SMILES string of the molecule is Cc1cc2c(cc1C(=O)N1CCc3cc(C4CC4)cnc31)[nH]c(=O)c1nnc(CC3CC3)n12. The molecule has 166 valence electrons. The Balaban J connectivity index is 1.31. The number of pyridine rings is 1. The zero-order valence-electron chi connectivity index (χ0n) is 18.5. The summed E-state index contributed by atoms with van der Waals surface area (Å²) in [6.07, 6.45) is 8.43. The number of fused-ring (bicyclic) bond motifs is 4. The molecular weight excluding hydrogens is 416 g/mol. The van der Waals surface area contributed by atoms with Gasteiger partial charge in [0.05, 0.1) is 11.0 Å². The maximum absolute atomic E-state index is 13.6. The van der Waals surface area contributed by atoms with Crippen molar-refractivity contribution in [2.24, 2.45) is 5.92 Å². The number of hydrogen-bond donors (Lipinski definition) is 1. The number of aromatic nitrogens is 5. The van der Waals surface area contributed by atoms with Gasteiger partial charge in [-0.1, -0.05) is 6.07 Å². The first-order chi connectivity index (χ1) is 16.1. The monoisotopic (exact) mass is 440 g/mol. The predicted octanol–water partition coefficient (Wildman–Crippen LogP) is 3.31. The van der Waals surface area contributed by atoms with Crippen LogP contribution in [0.3, 0.4) is 0 Å². The summed E-state index contributed by atoms with van der Waals surface area (Å²) in [5.41, 5.74) is 5.34. The Morgan fingerprint density at radius 3 is 2.79 bits per heavy atom. The van der Waals surface area contributed by atoms with Crippen LogP contribution in [-0.4, -0.2) is 37.0 Å². The van der Waals surface area contributed by atoms with E-state index >= 15 is 0 Å². The lowest BCUT2D eigenvalue weighted by molar-refractivity contribution is 0.0988. The van der Waals surface area contributed by atoms with Gasteiger partial charge in [-0.3, -0.25) is 18.9 Å². The topological polar surface area (TPSA) is 96.2 Å². The summed E-state index contributed by atoms with van der Waals surface area (Å²) in [7, 11) is 0. The number of hydrogen-bond acceptors (Lipinski definition) is 5. The second-order valence-electron chi connectivity index (χ2n) is 9.79. The lowest BCUT2D eigenvalue weighted by atomic mass is 10.1. The number of carbonyl (C=O) groups is 1. The number of anilines is 1. The molecule has 8 heteroatoms. The van der Waals surface area contributed by atoms with Gasteiger partial charge in [-0.15, -0.1) is 10.2 Å². The molecule has 1 aliphatic heterocycles. The summed E-state index contributed by atoms with van der Waals surface area (Å²) in [6, 6.07) is 5.99. The summed E-state index contributed by atoms with van der Waals surface area (Å²) < 4.78 is 1.86. The number of benzene rings is 1. The van der Waals surface area contributed by atoms with E-state index in [1.54, 1.807) is 11.0 Å². The molecule has 2 fully saturated rings. The van der Waals surface area contributed by atoms with E-state index in [1.165, 1.54) is 31.2 Å². The number of nitrogens with zero attached hydrogens (tertiary/aromatic N) is 5. The van der Waals surface area contributed by atoms with E-state index in [4.69, 9.17) is 0 Å². The van der Waals surface area contributed by atoms with Crippen LogP contribution in [0.1, 0.15) is 64.5 Å². The lowest BCUT2D eigenvalue weighted by Gasteiger charge is -2.18. The second-order valence-corrected chi connectivity index (χ2v) is 9.79. The lowest BCUT2D eigenvalue weighted by Crippen LogP contribution is -2.30. The van der Waals surface area contributed by atoms with Crippen LogP contribution in [0.25, 0.3) is 16.7 Å². The van der Waals surface area contributed by atoms with Crippen molar-refractivity contribution in [1.29, 1.82) is 0 Å². The van der Waals surface area contributed by atoms with Crippen molar-refractivity contribution in [2.45, 2.75) is 51.4 Å². The highest BCUT2D eigenvalue weighted by atomic mass is 16.2. The van der Waals surface area contributed by atoms with Crippen molar-refractivity contribution < 1.29 is 4.79 Å². The number of amides is 1. The molecule has 3 aliphatic rings. The summed E-state index contributed by atoms with van der Waals surface area (Å²) in [6.45, 7) is 2.56. The Hall–Kier alpha value is -3.55. The van der Waals surface area contributed by atoms with Crippen LogP contribution in [0.15, 0.2) is 29.2 Å². The number of aryl methyl sites for hydroxylation is 1. The first kappa shape index (κ1) is 19.0. The van der Waals surface area contributed by atoms with Crippen LogP contribution in [0.5, 0.6) is 0 Å². The first-order valence-electron chi connectivity index (χ1n) is 11.8. The van der Waals surface area contributed by atoms with E-state index < -0.39 is 0 Å². The summed E-state index contributed by atoms with van der Waals surface area (Å²) in [5, 5.41) is 8.43. The number of H-pyrrole nitrogens is 1. The van der Waals surface area contributed by atoms with Crippen molar-refractivity contribution in [1.82, 2.24) is 24.6 Å². The van der Waals surface area contributed by atoms with Gasteiger partial charge in [0.1, 0.15) is 11.6 Å². The molecule has 0 radical (unpaired) electrons. The molecule has 0 unspecified atom stereocenters. The molecule has 2 aliphatic carbocycles. The van der Waals surface area contributed by atoms with Crippen LogP contribution in [0, 0.1) is 12.8 Å². The van der Waals surface area contributed by atoms with Crippen LogP contribution >= 0.6 is 0 Å². The molecule has 1 N–H and O–H groups in total. The van der Waals surface area contributed by atoms with Gasteiger partial charge >= 0.3 is 0 Å². The standard InChI is InChI=1S/C25H24N6O2/c1-13-8-20-19(27-24(32)23-29-28-21(31(20)23)9-14-2-3-14)11-18(13)25(33)30-7-6-16-10-17(15-4-5-15)12-26-22(16)30/h8,10-12,14-15H,2-7,9H2,1H3,(H,27,32). The fourth-order valence-electron chi connectivity index (χ4n) is 5.09. The highest BCUT2D eigenvalue weighted by molar-refractivity contribution is 6.09. The minimum Gasteiger partial charge on any atom is -0.317 e. The molecule has 7 rings (SSSR count). The van der Waals surface area contributed by atoms with Crippen molar-refractivity contribution >= 4 is 28.4 Å². The molecule has 0 bridgehead atoms. The molecule has 1 amide bonds. The van der Waals surface area contributed by atoms with Gasteiger partial charge in [-0.05, 0) is 79.7 Å². The molecule has 1 aromatic carbocycles. The largest absolute Gasteiger partial charge is 0.317 e. The smallest absolute Gasteiger partial charge is 0.294 e. The van der Waals surface area contributed by atoms with E-state index in [-0.39, 0.29) is 11.5 Å². The minimum atomic E-state index is -0.292. The molecular formula is C25H24N6O2. The Morgan fingerprint density at radius 1 is 1.15 bits per heavy atom. The van der Waals surface area contributed by atoms with E-state index in [0.29, 0.717) is 35.1 Å². The van der Waals surface area contributed by atoms with Gasteiger partial charge in [-0.25, -0.2) is 4.98 Å². The molecule has 0 spiro atoms. The molecule has 4 heterocycles. The van der Waals surface area contributed by atoms with Crippen molar-refractivity contribution in [3.8, 4) is 0 Å². The van der Waals surface area contributed by atoms with Crippen molar-refractivity contribution in [3.63, 3.8) is 0 Å². The molecule has 8 nitrogen and oxygen atoms in total. The number of carbonyl (C=O) groups excluding carboxylic acids is 1. The maximum Gasteiger partial charge on any atom is 0.294 e. The van der Waals surface area contributed by atoms with Crippen molar-refractivity contribution in [2.75, 3.05) is 11.4 Å². The second kappa shape index (κ2) is 6.73. The van der Waals surface area contributed by atoms with Gasteiger partial charge in [0.25, 0.3) is 11.5 Å². The zero-order valence-corrected chi connectivity index (χ0v) is 18.5. The summed E-state index contributed by atoms with van der Waals surface area (Å²) >= 11 is 0. The Labute approximate surface area is 189 Å². The van der Waals surface area contributed by atoms with E-state index in [9.17, 15) is 9.59 Å². The van der Waals surface area contributed by atoms with Crippen LogP contribution in [-0.2, 0) is 12.8 Å². The van der Waals surface area contributed by atoms with Gasteiger partial charge in [0.15, 0.2) is 0 Å². The normalized spacial score (nSPS) is 17.8. The van der Waals surface area contributed by atoms with Crippen LogP contribution in [0.2, 0.25) is 0 Å². The zero-order chi connectivity index (χ0) is 22.3. The third-order valence-corrected chi connectivity index (χ3v) is 7.28. The van der Waals surface area contributed by atoms with Gasteiger partial charge in [0.2, 0.25) is 5.65 Å². The molecule has 4 aromatic rings. The summed E-state index contributed by atoms with van der Waals surface area (Å²) in [5.74, 6) is 2.76. The van der Waals surface area contributed by atoms with Crippen molar-refractivity contribution in [3.05, 3.63) is 62.8 Å². The Kier molecular flexibility index (Phi) is 3.87. The number of nitrogens with one attached hydrogen (secondary N) is 1. The van der Waals surface area contributed by atoms with E-state index in [2.05, 4.69) is 26.2 Å². The highest BCUT2D eigenvalue weighted by Gasteiger charge is 2.31. The molecule has 0 atom stereocenters. The minimum absolute atomic E-state index is 0.0808. The first-order valence-corrected chi connectivity index (χ1v) is 11.8. The van der Waals surface area contributed by atoms with Gasteiger partial charge in [-0.2, -0.15) is 0 Å². The van der Waals surface area contributed by atoms with Crippen LogP contribution in [0.4, 0.5) is 5.82 Å². The average molecular weight is 441 g/mol. The molecule has 0 saturated heterocycles. The molecule has 3 aromatic heterocycles. The number of rotatable bonds is 4. The van der Waals surface area contributed by atoms with E-state index in [0.717, 1.165) is 41.1 Å².